The Morgan fingerprint density at radius 1 is 1.12 bits per heavy atom. The summed E-state index contributed by atoms with van der Waals surface area (Å²) in [5.41, 5.74) is 1.30. The molecule has 0 N–H and O–H groups in total. The normalized spacial score (nSPS) is 25.7. The van der Waals surface area contributed by atoms with Crippen molar-refractivity contribution in [2.45, 2.75) is 38.3 Å². The maximum absolute atomic E-state index is 12.7. The summed E-state index contributed by atoms with van der Waals surface area (Å²) in [5.74, 6) is 0.575. The van der Waals surface area contributed by atoms with Crippen LogP contribution in [0.5, 0.6) is 0 Å². The highest BCUT2D eigenvalue weighted by Gasteiger charge is 2.33. The topological polar surface area (TPSA) is 39.7 Å². The van der Waals surface area contributed by atoms with Crippen LogP contribution in [0.25, 0.3) is 0 Å². The van der Waals surface area contributed by atoms with Crippen LogP contribution in [-0.2, 0) is 11.3 Å². The van der Waals surface area contributed by atoms with Crippen molar-refractivity contribution in [1.82, 2.24) is 19.7 Å². The van der Waals surface area contributed by atoms with Gasteiger partial charge in [0, 0.05) is 44.6 Å². The number of likely N-dealkylation sites (tertiary alicyclic amines) is 2. The Hall–Kier alpha value is -1.72. The van der Waals surface area contributed by atoms with Crippen molar-refractivity contribution in [3.8, 4) is 0 Å². The molecule has 3 aliphatic heterocycles. The van der Waals surface area contributed by atoms with Crippen molar-refractivity contribution in [1.29, 1.82) is 0 Å². The maximum atomic E-state index is 12.7. The summed E-state index contributed by atoms with van der Waals surface area (Å²) >= 11 is 0. The Kier molecular flexibility index (Phi) is 5.65. The smallest absolute Gasteiger partial charge is 0.227 e. The van der Waals surface area contributed by atoms with E-state index in [2.05, 4.69) is 33.0 Å². The second-order valence-electron chi connectivity index (χ2n) is 7.92. The van der Waals surface area contributed by atoms with Gasteiger partial charge < -0.3 is 4.90 Å². The molecule has 2 fully saturated rings. The molecule has 140 valence electrons. The molecule has 0 radical (unpaired) electrons. The Labute approximate surface area is 156 Å². The molecule has 0 aromatic carbocycles. The van der Waals surface area contributed by atoms with Gasteiger partial charge in [0.2, 0.25) is 5.91 Å². The molecule has 1 aromatic rings. The monoisotopic (exact) mass is 354 g/mol. The molecule has 0 unspecified atom stereocenters. The van der Waals surface area contributed by atoms with Crippen molar-refractivity contribution in [3.63, 3.8) is 0 Å². The molecule has 1 atom stereocenters. The van der Waals surface area contributed by atoms with E-state index in [1.54, 1.807) is 0 Å². The summed E-state index contributed by atoms with van der Waals surface area (Å²) < 4.78 is 0. The van der Waals surface area contributed by atoms with Crippen LogP contribution in [0.1, 0.15) is 31.2 Å². The van der Waals surface area contributed by atoms with Crippen LogP contribution >= 0.6 is 0 Å². The minimum atomic E-state index is 0.206. The quantitative estimate of drug-likeness (QED) is 0.777. The number of nitrogens with zero attached hydrogens (tertiary/aromatic N) is 4. The van der Waals surface area contributed by atoms with E-state index in [1.807, 2.05) is 23.4 Å². The number of rotatable bonds is 4. The fourth-order valence-corrected chi connectivity index (χ4v) is 4.65. The Morgan fingerprint density at radius 2 is 1.92 bits per heavy atom. The van der Waals surface area contributed by atoms with Crippen LogP contribution in [0.4, 0.5) is 0 Å². The van der Waals surface area contributed by atoms with E-state index in [1.165, 1.54) is 18.4 Å². The van der Waals surface area contributed by atoms with Crippen LogP contribution < -0.4 is 0 Å². The fraction of sp³-hybridized carbons (Fsp3) is 0.619. The highest BCUT2D eigenvalue weighted by atomic mass is 16.2. The van der Waals surface area contributed by atoms with E-state index in [0.29, 0.717) is 11.9 Å². The van der Waals surface area contributed by atoms with Gasteiger partial charge in [0.15, 0.2) is 0 Å². The lowest BCUT2D eigenvalue weighted by molar-refractivity contribution is -0.136. The summed E-state index contributed by atoms with van der Waals surface area (Å²) in [6, 6.07) is 4.82. The van der Waals surface area contributed by atoms with Gasteiger partial charge in [-0.1, -0.05) is 18.2 Å². The molecule has 2 saturated heterocycles. The van der Waals surface area contributed by atoms with Gasteiger partial charge in [-0.3, -0.25) is 19.6 Å². The number of carbonyl (C=O) groups excluding carboxylic acids is 1. The molecule has 4 heterocycles. The largest absolute Gasteiger partial charge is 0.335 e. The Morgan fingerprint density at radius 3 is 2.65 bits per heavy atom. The molecule has 1 aromatic heterocycles. The van der Waals surface area contributed by atoms with Gasteiger partial charge in [0.05, 0.1) is 5.92 Å². The predicted molar refractivity (Wildman–Crippen MR) is 103 cm³/mol. The van der Waals surface area contributed by atoms with Gasteiger partial charge in [-0.25, -0.2) is 0 Å². The third-order valence-electron chi connectivity index (χ3n) is 6.13. The first-order valence-corrected chi connectivity index (χ1v) is 10.1. The molecular formula is C21H30N4O. The minimum Gasteiger partial charge on any atom is -0.335 e. The lowest BCUT2D eigenvalue weighted by Crippen LogP contribution is -2.51. The molecule has 0 bridgehead atoms. The van der Waals surface area contributed by atoms with E-state index >= 15 is 0 Å². The molecule has 26 heavy (non-hydrogen) atoms. The summed E-state index contributed by atoms with van der Waals surface area (Å²) in [5, 5.41) is 0. The molecule has 0 spiro atoms. The first-order valence-electron chi connectivity index (χ1n) is 10.1. The Balaban J connectivity index is 1.26. The lowest BCUT2D eigenvalue weighted by Gasteiger charge is -2.42. The first kappa shape index (κ1) is 17.7. The third kappa shape index (κ3) is 4.15. The van der Waals surface area contributed by atoms with Crippen molar-refractivity contribution in [2.24, 2.45) is 5.92 Å². The maximum Gasteiger partial charge on any atom is 0.227 e. The van der Waals surface area contributed by atoms with Gasteiger partial charge in [0.1, 0.15) is 0 Å². The number of pyridine rings is 1. The van der Waals surface area contributed by atoms with Gasteiger partial charge in [-0.2, -0.15) is 0 Å². The molecule has 5 heteroatoms. The van der Waals surface area contributed by atoms with E-state index in [9.17, 15) is 4.79 Å². The van der Waals surface area contributed by atoms with Gasteiger partial charge in [-0.05, 0) is 56.9 Å². The summed E-state index contributed by atoms with van der Waals surface area (Å²) in [4.78, 5) is 24.1. The number of hydrogen-bond acceptors (Lipinski definition) is 4. The second kappa shape index (κ2) is 8.31. The minimum absolute atomic E-state index is 0.206. The number of amides is 1. The van der Waals surface area contributed by atoms with Crippen LogP contribution in [0.3, 0.4) is 0 Å². The second-order valence-corrected chi connectivity index (χ2v) is 7.92. The van der Waals surface area contributed by atoms with Crippen LogP contribution in [0, 0.1) is 5.92 Å². The average molecular weight is 354 g/mol. The van der Waals surface area contributed by atoms with Crippen molar-refractivity contribution in [3.05, 3.63) is 42.2 Å². The van der Waals surface area contributed by atoms with Gasteiger partial charge in [-0.15, -0.1) is 0 Å². The number of piperidine rings is 2. The van der Waals surface area contributed by atoms with Crippen LogP contribution in [0.15, 0.2) is 36.7 Å². The number of aromatic nitrogens is 1. The van der Waals surface area contributed by atoms with Gasteiger partial charge in [0.25, 0.3) is 0 Å². The standard InChI is InChI=1S/C21H30N4O/c26-21(24-10-1-2-11-24)19-6-4-12-25(17-19)20-7-13-23(14-8-20)16-18-5-3-9-22-15-18/h1-3,5,9,15,19-20H,4,6-8,10-14,16-17H2/t19-/m1/s1. The average Bonchev–Trinajstić information content (AvgIpc) is 3.24. The zero-order chi connectivity index (χ0) is 17.8. The molecular weight excluding hydrogens is 324 g/mol. The van der Waals surface area contributed by atoms with Crippen LogP contribution in [-0.4, -0.2) is 70.9 Å². The molecule has 1 amide bonds. The van der Waals surface area contributed by atoms with Crippen molar-refractivity contribution < 1.29 is 4.79 Å². The zero-order valence-corrected chi connectivity index (χ0v) is 15.6. The SMILES string of the molecule is O=C([C@@H]1CCCN(C2CCN(Cc3cccnc3)CC2)C1)N1CC=CC1. The van der Waals surface area contributed by atoms with Crippen molar-refractivity contribution >= 4 is 5.91 Å². The van der Waals surface area contributed by atoms with E-state index in [4.69, 9.17) is 0 Å². The summed E-state index contributed by atoms with van der Waals surface area (Å²) in [7, 11) is 0. The number of carbonyl (C=O) groups is 1. The lowest BCUT2D eigenvalue weighted by atomic mass is 9.93. The highest BCUT2D eigenvalue weighted by molar-refractivity contribution is 5.79. The van der Waals surface area contributed by atoms with Gasteiger partial charge >= 0.3 is 0 Å². The summed E-state index contributed by atoms with van der Waals surface area (Å²) in [6.07, 6.45) is 12.7. The molecule has 4 rings (SSSR count). The first-order chi connectivity index (χ1) is 12.8. The highest BCUT2D eigenvalue weighted by Crippen LogP contribution is 2.26. The molecule has 5 nitrogen and oxygen atoms in total. The van der Waals surface area contributed by atoms with Crippen LogP contribution in [0.2, 0.25) is 0 Å². The van der Waals surface area contributed by atoms with E-state index in [0.717, 1.165) is 58.7 Å². The third-order valence-corrected chi connectivity index (χ3v) is 6.13. The van der Waals surface area contributed by atoms with E-state index in [-0.39, 0.29) is 5.92 Å². The number of hydrogen-bond donors (Lipinski definition) is 0. The van der Waals surface area contributed by atoms with Crippen molar-refractivity contribution in [2.75, 3.05) is 39.3 Å². The molecule has 0 aliphatic carbocycles. The van der Waals surface area contributed by atoms with E-state index < -0.39 is 0 Å². The molecule has 3 aliphatic rings. The molecule has 0 saturated carbocycles. The predicted octanol–water partition coefficient (Wildman–Crippen LogP) is 2.16. The fourth-order valence-electron chi connectivity index (χ4n) is 4.65. The summed E-state index contributed by atoms with van der Waals surface area (Å²) in [6.45, 7) is 7.03. The zero-order valence-electron chi connectivity index (χ0n) is 15.6. The Bertz CT molecular complexity index is 616.